The Kier molecular flexibility index (Phi) is 4.90. The van der Waals surface area contributed by atoms with Crippen LogP contribution in [-0.2, 0) is 11.3 Å². The molecule has 132 valence electrons. The van der Waals surface area contributed by atoms with Crippen molar-refractivity contribution in [2.75, 3.05) is 26.2 Å². The molecule has 2 aliphatic rings. The van der Waals surface area contributed by atoms with Crippen LogP contribution in [0.25, 0.3) is 11.3 Å². The molecule has 1 atom stereocenters. The molecule has 4 heterocycles. The summed E-state index contributed by atoms with van der Waals surface area (Å²) < 4.78 is 7.41. The van der Waals surface area contributed by atoms with Gasteiger partial charge in [-0.2, -0.15) is 5.10 Å². The Morgan fingerprint density at radius 2 is 2.08 bits per heavy atom. The third kappa shape index (κ3) is 3.96. The van der Waals surface area contributed by atoms with E-state index < -0.39 is 0 Å². The number of nitrogens with zero attached hydrogens (tertiary/aromatic N) is 4. The van der Waals surface area contributed by atoms with Crippen molar-refractivity contribution >= 4 is 0 Å². The van der Waals surface area contributed by atoms with Crippen LogP contribution in [0.1, 0.15) is 19.3 Å². The Labute approximate surface area is 147 Å². The van der Waals surface area contributed by atoms with Crippen molar-refractivity contribution in [1.29, 1.82) is 0 Å². The van der Waals surface area contributed by atoms with Gasteiger partial charge in [-0.05, 0) is 37.5 Å². The molecule has 6 nitrogen and oxygen atoms in total. The Bertz CT molecular complexity index is 750. The van der Waals surface area contributed by atoms with Crippen LogP contribution in [-0.4, -0.2) is 52.0 Å². The van der Waals surface area contributed by atoms with Gasteiger partial charge in [-0.1, -0.05) is 0 Å². The van der Waals surface area contributed by atoms with Gasteiger partial charge in [0.15, 0.2) is 0 Å². The maximum absolute atomic E-state index is 12.1. The molecule has 2 saturated heterocycles. The summed E-state index contributed by atoms with van der Waals surface area (Å²) in [4.78, 5) is 18.7. The molecule has 4 rings (SSSR count). The summed E-state index contributed by atoms with van der Waals surface area (Å²) in [5.41, 5.74) is 1.68. The minimum atomic E-state index is -0.0401. The van der Waals surface area contributed by atoms with E-state index in [0.717, 1.165) is 37.5 Å². The highest BCUT2D eigenvalue weighted by atomic mass is 16.5. The highest BCUT2D eigenvalue weighted by molar-refractivity contribution is 5.56. The number of likely N-dealkylation sites (tertiary alicyclic amines) is 1. The molecule has 0 saturated carbocycles. The summed E-state index contributed by atoms with van der Waals surface area (Å²) in [5.74, 6) is 0.484. The molecule has 25 heavy (non-hydrogen) atoms. The normalized spacial score (nSPS) is 21.8. The average molecular weight is 340 g/mol. The Balaban J connectivity index is 1.35. The van der Waals surface area contributed by atoms with E-state index in [9.17, 15) is 4.79 Å². The molecule has 0 aromatic carbocycles. The topological polar surface area (TPSA) is 60.2 Å². The maximum atomic E-state index is 12.1. The zero-order chi connectivity index (χ0) is 17.1. The van der Waals surface area contributed by atoms with Crippen molar-refractivity contribution in [3.63, 3.8) is 0 Å². The summed E-state index contributed by atoms with van der Waals surface area (Å²) in [7, 11) is 0. The summed E-state index contributed by atoms with van der Waals surface area (Å²) in [6.07, 6.45) is 7.55. The van der Waals surface area contributed by atoms with Crippen LogP contribution in [0.3, 0.4) is 0 Å². The van der Waals surface area contributed by atoms with E-state index in [2.05, 4.69) is 15.0 Å². The number of hydrogen-bond acceptors (Lipinski definition) is 5. The van der Waals surface area contributed by atoms with Crippen LogP contribution in [0, 0.1) is 5.92 Å². The monoisotopic (exact) mass is 340 g/mol. The highest BCUT2D eigenvalue weighted by Crippen LogP contribution is 2.21. The molecule has 2 aromatic rings. The summed E-state index contributed by atoms with van der Waals surface area (Å²) >= 11 is 0. The summed E-state index contributed by atoms with van der Waals surface area (Å²) in [6.45, 7) is 4.64. The second-order valence-corrected chi connectivity index (χ2v) is 7.05. The van der Waals surface area contributed by atoms with Gasteiger partial charge in [0.1, 0.15) is 0 Å². The fraction of sp³-hybridized carbons (Fsp3) is 0.526. The van der Waals surface area contributed by atoms with Gasteiger partial charge in [0, 0.05) is 56.2 Å². The Hall–Kier alpha value is -2.05. The van der Waals surface area contributed by atoms with E-state index in [4.69, 9.17) is 4.74 Å². The molecule has 1 unspecified atom stereocenters. The molecule has 2 aromatic heterocycles. The number of hydrogen-bond donors (Lipinski definition) is 0. The van der Waals surface area contributed by atoms with Crippen molar-refractivity contribution in [2.45, 2.75) is 31.9 Å². The van der Waals surface area contributed by atoms with Crippen molar-refractivity contribution in [2.24, 2.45) is 5.92 Å². The van der Waals surface area contributed by atoms with E-state index in [1.54, 1.807) is 29.2 Å². The lowest BCUT2D eigenvalue weighted by Crippen LogP contribution is -2.52. The Morgan fingerprint density at radius 1 is 1.16 bits per heavy atom. The van der Waals surface area contributed by atoms with Crippen LogP contribution in [0.4, 0.5) is 0 Å². The quantitative estimate of drug-likeness (QED) is 0.831. The number of ether oxygens (including phenoxy) is 1. The van der Waals surface area contributed by atoms with Gasteiger partial charge >= 0.3 is 0 Å². The van der Waals surface area contributed by atoms with E-state index in [-0.39, 0.29) is 5.56 Å². The summed E-state index contributed by atoms with van der Waals surface area (Å²) in [5, 5.41) is 4.53. The minimum absolute atomic E-state index is 0.0401. The van der Waals surface area contributed by atoms with Gasteiger partial charge in [0.25, 0.3) is 5.56 Å². The number of aromatic nitrogens is 3. The highest BCUT2D eigenvalue weighted by Gasteiger charge is 2.30. The molecule has 6 heteroatoms. The fourth-order valence-electron chi connectivity index (χ4n) is 3.67. The average Bonchev–Trinajstić information content (AvgIpc) is 2.63. The van der Waals surface area contributed by atoms with Crippen LogP contribution in [0.2, 0.25) is 0 Å². The second-order valence-electron chi connectivity index (χ2n) is 7.05. The lowest BCUT2D eigenvalue weighted by molar-refractivity contribution is -0.0322. The van der Waals surface area contributed by atoms with Gasteiger partial charge in [-0.3, -0.25) is 14.7 Å². The number of pyridine rings is 1. The molecular weight excluding hydrogens is 316 g/mol. The van der Waals surface area contributed by atoms with E-state index in [0.29, 0.717) is 18.6 Å². The van der Waals surface area contributed by atoms with Crippen LogP contribution in [0.15, 0.2) is 41.5 Å². The molecule has 2 fully saturated rings. The van der Waals surface area contributed by atoms with Gasteiger partial charge in [-0.15, -0.1) is 0 Å². The van der Waals surface area contributed by atoms with Gasteiger partial charge in [-0.25, -0.2) is 4.68 Å². The SMILES string of the molecule is O=c1ccc(-c2cccnc2)nn1CC1CN(CC2CCCCO2)C1. The molecule has 0 aliphatic carbocycles. The third-order valence-corrected chi connectivity index (χ3v) is 5.02. The standard InChI is InChI=1S/C19H24N4O2/c24-19-7-6-18(16-4-3-8-20-10-16)21-23(19)13-15-11-22(12-15)14-17-5-1-2-9-25-17/h3-4,6-8,10,15,17H,1-2,5,9,11-14H2. The maximum Gasteiger partial charge on any atom is 0.266 e. The zero-order valence-electron chi connectivity index (χ0n) is 14.4. The van der Waals surface area contributed by atoms with Gasteiger partial charge in [0.2, 0.25) is 0 Å². The van der Waals surface area contributed by atoms with E-state index >= 15 is 0 Å². The largest absolute Gasteiger partial charge is 0.377 e. The third-order valence-electron chi connectivity index (χ3n) is 5.02. The van der Waals surface area contributed by atoms with E-state index in [1.165, 1.54) is 19.3 Å². The van der Waals surface area contributed by atoms with Crippen LogP contribution in [0.5, 0.6) is 0 Å². The first-order chi connectivity index (χ1) is 12.3. The van der Waals surface area contributed by atoms with E-state index in [1.807, 2.05) is 12.1 Å². The predicted octanol–water partition coefficient (Wildman–Crippen LogP) is 1.81. The molecule has 0 amide bonds. The summed E-state index contributed by atoms with van der Waals surface area (Å²) in [6, 6.07) is 7.20. The van der Waals surface area contributed by atoms with Crippen molar-refractivity contribution < 1.29 is 4.74 Å². The first-order valence-corrected chi connectivity index (χ1v) is 9.10. The molecule has 0 spiro atoms. The molecular formula is C19H24N4O2. The van der Waals surface area contributed by atoms with Crippen molar-refractivity contribution in [3.05, 3.63) is 47.0 Å². The number of rotatable bonds is 5. The van der Waals surface area contributed by atoms with Crippen LogP contribution >= 0.6 is 0 Å². The van der Waals surface area contributed by atoms with Crippen molar-refractivity contribution in [3.8, 4) is 11.3 Å². The second kappa shape index (κ2) is 7.45. The van der Waals surface area contributed by atoms with Crippen LogP contribution < -0.4 is 5.56 Å². The smallest absolute Gasteiger partial charge is 0.266 e. The molecule has 2 aliphatic heterocycles. The molecule has 0 bridgehead atoms. The lowest BCUT2D eigenvalue weighted by atomic mass is 9.98. The predicted molar refractivity (Wildman–Crippen MR) is 95.2 cm³/mol. The zero-order valence-corrected chi connectivity index (χ0v) is 14.4. The van der Waals surface area contributed by atoms with Gasteiger partial charge in [0.05, 0.1) is 18.3 Å². The molecule has 0 N–H and O–H groups in total. The van der Waals surface area contributed by atoms with Gasteiger partial charge < -0.3 is 4.74 Å². The fourth-order valence-corrected chi connectivity index (χ4v) is 3.67. The lowest BCUT2D eigenvalue weighted by Gasteiger charge is -2.41. The minimum Gasteiger partial charge on any atom is -0.377 e. The first kappa shape index (κ1) is 16.4. The van der Waals surface area contributed by atoms with Crippen molar-refractivity contribution in [1.82, 2.24) is 19.7 Å². The molecule has 0 radical (unpaired) electrons. The first-order valence-electron chi connectivity index (χ1n) is 9.10. The Morgan fingerprint density at radius 3 is 2.84 bits per heavy atom.